The molecule has 0 bridgehead atoms. The molecular formula is C14H15N3O5S. The van der Waals surface area contributed by atoms with Crippen molar-refractivity contribution in [2.45, 2.75) is 13.8 Å². The summed E-state index contributed by atoms with van der Waals surface area (Å²) >= 11 is 5.04. The van der Waals surface area contributed by atoms with Crippen LogP contribution in [0.4, 0.5) is 5.69 Å². The van der Waals surface area contributed by atoms with Crippen LogP contribution in [-0.4, -0.2) is 39.1 Å². The van der Waals surface area contributed by atoms with Crippen molar-refractivity contribution in [3.05, 3.63) is 33.5 Å². The highest BCUT2D eigenvalue weighted by molar-refractivity contribution is 7.80. The fourth-order valence-electron chi connectivity index (χ4n) is 2.11. The van der Waals surface area contributed by atoms with Crippen LogP contribution in [-0.2, 0) is 4.79 Å². The van der Waals surface area contributed by atoms with Crippen molar-refractivity contribution in [2.24, 2.45) is 0 Å². The van der Waals surface area contributed by atoms with Gasteiger partial charge in [-0.3, -0.25) is 19.8 Å². The number of amides is 1. The average molecular weight is 337 g/mol. The molecule has 1 amide bonds. The number of non-ortho nitro benzene ring substituents is 1. The normalized spacial score (nSPS) is 15.9. The lowest BCUT2D eigenvalue weighted by Gasteiger charge is -2.09. The number of ether oxygens (including phenoxy) is 1. The number of phenols is 1. The number of likely N-dealkylation sites (N-methyl/N-ethyl adjacent to an activating group) is 1. The van der Waals surface area contributed by atoms with Gasteiger partial charge < -0.3 is 15.2 Å². The molecule has 0 aromatic heterocycles. The molecule has 1 aromatic carbocycles. The predicted octanol–water partition coefficient (Wildman–Crippen LogP) is 1.78. The van der Waals surface area contributed by atoms with E-state index in [4.69, 9.17) is 17.0 Å². The van der Waals surface area contributed by atoms with Gasteiger partial charge in [-0.25, -0.2) is 0 Å². The molecule has 0 spiro atoms. The van der Waals surface area contributed by atoms with Crippen LogP contribution >= 0.6 is 12.2 Å². The van der Waals surface area contributed by atoms with Crippen molar-refractivity contribution in [3.8, 4) is 11.5 Å². The Morgan fingerprint density at radius 3 is 2.70 bits per heavy atom. The van der Waals surface area contributed by atoms with E-state index in [1.165, 1.54) is 11.0 Å². The first-order chi connectivity index (χ1) is 10.9. The SMILES string of the molecule is CCOc1cc([N+](=O)[O-])cc(/C=C2\NC(=S)N(CC)C2=O)c1O. The van der Waals surface area contributed by atoms with Gasteiger partial charge in [-0.15, -0.1) is 0 Å². The van der Waals surface area contributed by atoms with E-state index in [9.17, 15) is 20.0 Å². The number of phenolic OH excluding ortho intramolecular Hbond substituents is 1. The van der Waals surface area contributed by atoms with Gasteiger partial charge in [0.2, 0.25) is 0 Å². The molecule has 0 unspecified atom stereocenters. The Kier molecular flexibility index (Phi) is 4.80. The summed E-state index contributed by atoms with van der Waals surface area (Å²) in [6.45, 7) is 4.09. The third-order valence-corrected chi connectivity index (χ3v) is 3.50. The van der Waals surface area contributed by atoms with Crippen LogP contribution in [0, 0.1) is 10.1 Å². The molecule has 122 valence electrons. The van der Waals surface area contributed by atoms with Gasteiger partial charge in [-0.1, -0.05) is 0 Å². The molecule has 2 rings (SSSR count). The predicted molar refractivity (Wildman–Crippen MR) is 87.0 cm³/mol. The van der Waals surface area contributed by atoms with Gasteiger partial charge in [0.05, 0.1) is 17.6 Å². The minimum atomic E-state index is -0.600. The van der Waals surface area contributed by atoms with E-state index in [-0.39, 0.29) is 46.1 Å². The van der Waals surface area contributed by atoms with Crippen LogP contribution in [0.2, 0.25) is 0 Å². The Labute approximate surface area is 137 Å². The lowest BCUT2D eigenvalue weighted by atomic mass is 10.1. The smallest absolute Gasteiger partial charge is 0.276 e. The number of nitro benzene ring substituents is 1. The van der Waals surface area contributed by atoms with Gasteiger partial charge in [0.1, 0.15) is 5.70 Å². The Hall–Kier alpha value is -2.68. The number of thiocarbonyl (C=S) groups is 1. The van der Waals surface area contributed by atoms with Gasteiger partial charge in [-0.2, -0.15) is 0 Å². The molecule has 1 aromatic rings. The number of nitrogens with one attached hydrogen (secondary N) is 1. The zero-order chi connectivity index (χ0) is 17.1. The third kappa shape index (κ3) is 3.24. The Morgan fingerprint density at radius 2 is 2.17 bits per heavy atom. The summed E-state index contributed by atoms with van der Waals surface area (Å²) in [6, 6.07) is 2.30. The molecular weight excluding hydrogens is 322 g/mol. The number of hydrogen-bond acceptors (Lipinski definition) is 6. The maximum atomic E-state index is 12.2. The maximum Gasteiger partial charge on any atom is 0.276 e. The molecule has 0 aliphatic carbocycles. The summed E-state index contributed by atoms with van der Waals surface area (Å²) in [5.74, 6) is -0.657. The number of nitro groups is 1. The first kappa shape index (κ1) is 16.7. The minimum absolute atomic E-state index is 0.0195. The molecule has 1 aliphatic rings. The molecule has 23 heavy (non-hydrogen) atoms. The van der Waals surface area contributed by atoms with Gasteiger partial charge >= 0.3 is 0 Å². The zero-order valence-corrected chi connectivity index (χ0v) is 13.3. The highest BCUT2D eigenvalue weighted by Gasteiger charge is 2.29. The Bertz CT molecular complexity index is 717. The molecule has 2 N–H and O–H groups in total. The Morgan fingerprint density at radius 1 is 1.48 bits per heavy atom. The van der Waals surface area contributed by atoms with Gasteiger partial charge in [-0.05, 0) is 32.1 Å². The molecule has 0 radical (unpaired) electrons. The first-order valence-corrected chi connectivity index (χ1v) is 7.28. The quantitative estimate of drug-likeness (QED) is 0.365. The number of carbonyl (C=O) groups excluding carboxylic acids is 1. The van der Waals surface area contributed by atoms with Crippen molar-refractivity contribution in [1.29, 1.82) is 0 Å². The summed E-state index contributed by atoms with van der Waals surface area (Å²) in [6.07, 6.45) is 1.31. The summed E-state index contributed by atoms with van der Waals surface area (Å²) in [5.41, 5.74) is -0.0205. The summed E-state index contributed by atoms with van der Waals surface area (Å²) in [5, 5.41) is 24.2. The van der Waals surface area contributed by atoms with Crippen LogP contribution in [0.1, 0.15) is 19.4 Å². The van der Waals surface area contributed by atoms with E-state index in [1.807, 2.05) is 0 Å². The molecule has 8 nitrogen and oxygen atoms in total. The van der Waals surface area contributed by atoms with Gasteiger partial charge in [0, 0.05) is 18.2 Å². The molecule has 9 heteroatoms. The second kappa shape index (κ2) is 6.61. The van der Waals surface area contributed by atoms with Crippen molar-refractivity contribution < 1.29 is 19.6 Å². The number of hydrogen-bond donors (Lipinski definition) is 2. The number of benzene rings is 1. The van der Waals surface area contributed by atoms with E-state index >= 15 is 0 Å². The maximum absolute atomic E-state index is 12.2. The van der Waals surface area contributed by atoms with Crippen LogP contribution < -0.4 is 10.1 Å². The minimum Gasteiger partial charge on any atom is -0.504 e. The fraction of sp³-hybridized carbons (Fsp3) is 0.286. The van der Waals surface area contributed by atoms with E-state index < -0.39 is 4.92 Å². The first-order valence-electron chi connectivity index (χ1n) is 6.87. The van der Waals surface area contributed by atoms with Crippen molar-refractivity contribution in [2.75, 3.05) is 13.2 Å². The lowest BCUT2D eigenvalue weighted by Crippen LogP contribution is -2.30. The van der Waals surface area contributed by atoms with Crippen LogP contribution in [0.5, 0.6) is 11.5 Å². The molecule has 1 saturated heterocycles. The van der Waals surface area contributed by atoms with Gasteiger partial charge in [0.25, 0.3) is 11.6 Å². The largest absolute Gasteiger partial charge is 0.504 e. The average Bonchev–Trinajstić information content (AvgIpc) is 2.76. The highest BCUT2D eigenvalue weighted by Crippen LogP contribution is 2.36. The molecule has 0 saturated carbocycles. The molecule has 1 heterocycles. The molecule has 1 aliphatic heterocycles. The van der Waals surface area contributed by atoms with Crippen molar-refractivity contribution in [3.63, 3.8) is 0 Å². The van der Waals surface area contributed by atoms with Crippen LogP contribution in [0.15, 0.2) is 17.8 Å². The lowest BCUT2D eigenvalue weighted by molar-refractivity contribution is -0.385. The summed E-state index contributed by atoms with van der Waals surface area (Å²) in [4.78, 5) is 23.9. The summed E-state index contributed by atoms with van der Waals surface area (Å²) < 4.78 is 5.20. The van der Waals surface area contributed by atoms with Crippen LogP contribution in [0.25, 0.3) is 6.08 Å². The molecule has 0 atom stereocenters. The highest BCUT2D eigenvalue weighted by atomic mass is 32.1. The monoisotopic (exact) mass is 337 g/mol. The molecule has 1 fully saturated rings. The van der Waals surface area contributed by atoms with E-state index in [0.29, 0.717) is 6.54 Å². The second-order valence-corrected chi connectivity index (χ2v) is 5.00. The number of aromatic hydroxyl groups is 1. The fourth-order valence-corrected chi connectivity index (χ4v) is 2.43. The van der Waals surface area contributed by atoms with Gasteiger partial charge in [0.15, 0.2) is 16.6 Å². The summed E-state index contributed by atoms with van der Waals surface area (Å²) in [7, 11) is 0. The topological polar surface area (TPSA) is 105 Å². The van der Waals surface area contributed by atoms with E-state index in [0.717, 1.165) is 12.1 Å². The standard InChI is InChI=1S/C14H15N3O5S/c1-3-16-13(19)10(15-14(16)23)6-8-5-9(17(20)21)7-11(12(8)18)22-4-2/h5-7,18H,3-4H2,1-2H3,(H,15,23)/b10-6-. The van der Waals surface area contributed by atoms with Crippen molar-refractivity contribution >= 4 is 35.0 Å². The zero-order valence-electron chi connectivity index (χ0n) is 12.5. The Balaban J connectivity index is 2.51. The number of carbonyl (C=O) groups is 1. The third-order valence-electron chi connectivity index (χ3n) is 3.18. The van der Waals surface area contributed by atoms with Crippen molar-refractivity contribution in [1.82, 2.24) is 10.2 Å². The second-order valence-electron chi connectivity index (χ2n) is 4.61. The number of nitrogens with zero attached hydrogens (tertiary/aromatic N) is 2. The van der Waals surface area contributed by atoms with Crippen LogP contribution in [0.3, 0.4) is 0 Å². The number of rotatable bonds is 5. The van der Waals surface area contributed by atoms with E-state index in [2.05, 4.69) is 5.32 Å². The van der Waals surface area contributed by atoms with E-state index in [1.54, 1.807) is 13.8 Å².